The maximum absolute atomic E-state index is 4.17. The Balaban J connectivity index is 1.87. The van der Waals surface area contributed by atoms with Crippen molar-refractivity contribution in [3.63, 3.8) is 0 Å². The zero-order chi connectivity index (χ0) is 14.9. The van der Waals surface area contributed by atoms with Crippen LogP contribution >= 0.6 is 0 Å². The molecule has 0 bridgehead atoms. The van der Waals surface area contributed by atoms with Crippen LogP contribution < -0.4 is 5.32 Å². The summed E-state index contributed by atoms with van der Waals surface area (Å²) in [5.41, 5.74) is 2.63. The van der Waals surface area contributed by atoms with Gasteiger partial charge in [0.2, 0.25) is 0 Å². The van der Waals surface area contributed by atoms with E-state index in [0.29, 0.717) is 6.04 Å². The highest BCUT2D eigenvalue weighted by Gasteiger charge is 2.11. The van der Waals surface area contributed by atoms with Gasteiger partial charge in [-0.25, -0.2) is 0 Å². The largest absolute Gasteiger partial charge is 0.310 e. The Morgan fingerprint density at radius 1 is 1.14 bits per heavy atom. The number of hydrogen-bond acceptors (Lipinski definition) is 3. The molecule has 21 heavy (non-hydrogen) atoms. The first-order chi connectivity index (χ1) is 10.3. The lowest BCUT2D eigenvalue weighted by Crippen LogP contribution is -2.27. The lowest BCUT2D eigenvalue weighted by Gasteiger charge is -2.22. The van der Waals surface area contributed by atoms with Crippen LogP contribution in [0.1, 0.15) is 30.5 Å². The van der Waals surface area contributed by atoms with E-state index in [0.717, 1.165) is 26.1 Å². The van der Waals surface area contributed by atoms with Gasteiger partial charge < -0.3 is 10.2 Å². The normalized spacial score (nSPS) is 12.5. The monoisotopic (exact) mass is 283 g/mol. The Bertz CT molecular complexity index is 498. The first kappa shape index (κ1) is 15.7. The third-order valence-corrected chi connectivity index (χ3v) is 3.63. The van der Waals surface area contributed by atoms with E-state index in [1.807, 2.05) is 18.5 Å². The summed E-state index contributed by atoms with van der Waals surface area (Å²) in [5.74, 6) is 0. The molecule has 0 radical (unpaired) electrons. The van der Waals surface area contributed by atoms with Gasteiger partial charge >= 0.3 is 0 Å². The zero-order valence-corrected chi connectivity index (χ0v) is 13.0. The number of aromatic nitrogens is 1. The second-order valence-electron chi connectivity index (χ2n) is 5.41. The number of pyridine rings is 1. The second-order valence-corrected chi connectivity index (χ2v) is 5.41. The molecule has 0 aliphatic rings. The average Bonchev–Trinajstić information content (AvgIpc) is 2.53. The van der Waals surface area contributed by atoms with E-state index in [1.54, 1.807) is 0 Å². The van der Waals surface area contributed by atoms with Crippen molar-refractivity contribution in [2.45, 2.75) is 25.9 Å². The Labute approximate surface area is 128 Å². The first-order valence-corrected chi connectivity index (χ1v) is 7.65. The van der Waals surface area contributed by atoms with Crippen LogP contribution in [0.25, 0.3) is 0 Å². The fourth-order valence-corrected chi connectivity index (χ4v) is 2.55. The molecule has 0 aliphatic heterocycles. The van der Waals surface area contributed by atoms with Crippen molar-refractivity contribution in [3.05, 3.63) is 66.0 Å². The van der Waals surface area contributed by atoms with Crippen LogP contribution in [0.5, 0.6) is 0 Å². The van der Waals surface area contributed by atoms with Gasteiger partial charge in [-0.2, -0.15) is 0 Å². The molecule has 1 unspecified atom stereocenters. The van der Waals surface area contributed by atoms with Crippen LogP contribution in [0.2, 0.25) is 0 Å². The molecule has 0 aliphatic carbocycles. The lowest BCUT2D eigenvalue weighted by molar-refractivity contribution is 0.301. The van der Waals surface area contributed by atoms with E-state index in [2.05, 4.69) is 65.6 Å². The fraction of sp³-hybridized carbons (Fsp3) is 0.389. The van der Waals surface area contributed by atoms with Crippen molar-refractivity contribution >= 4 is 0 Å². The number of benzene rings is 1. The van der Waals surface area contributed by atoms with Crippen molar-refractivity contribution in [2.75, 3.05) is 20.1 Å². The summed E-state index contributed by atoms with van der Waals surface area (Å²) in [5, 5.41) is 3.58. The van der Waals surface area contributed by atoms with Crippen LogP contribution in [0, 0.1) is 0 Å². The van der Waals surface area contributed by atoms with Gasteiger partial charge in [0.05, 0.1) is 0 Å². The van der Waals surface area contributed by atoms with Gasteiger partial charge in [-0.1, -0.05) is 43.3 Å². The molecule has 3 heteroatoms. The topological polar surface area (TPSA) is 28.2 Å². The van der Waals surface area contributed by atoms with Crippen LogP contribution in [-0.2, 0) is 6.54 Å². The predicted octanol–water partition coefficient (Wildman–Crippen LogP) is 3.25. The summed E-state index contributed by atoms with van der Waals surface area (Å²) < 4.78 is 0. The van der Waals surface area contributed by atoms with Crippen LogP contribution in [0.3, 0.4) is 0 Å². The molecule has 0 amide bonds. The van der Waals surface area contributed by atoms with E-state index >= 15 is 0 Å². The third kappa shape index (κ3) is 5.29. The second kappa shape index (κ2) is 8.55. The lowest BCUT2D eigenvalue weighted by atomic mass is 10.0. The van der Waals surface area contributed by atoms with E-state index in [4.69, 9.17) is 0 Å². The van der Waals surface area contributed by atoms with E-state index in [-0.39, 0.29) is 0 Å². The molecule has 0 spiro atoms. The van der Waals surface area contributed by atoms with Crippen LogP contribution in [0.4, 0.5) is 0 Å². The van der Waals surface area contributed by atoms with Crippen molar-refractivity contribution in [1.29, 1.82) is 0 Å². The molecule has 1 heterocycles. The number of hydrogen-bond donors (Lipinski definition) is 1. The Hall–Kier alpha value is -1.71. The highest BCUT2D eigenvalue weighted by molar-refractivity contribution is 5.18. The molecule has 1 atom stereocenters. The zero-order valence-electron chi connectivity index (χ0n) is 13.0. The minimum atomic E-state index is 0.424. The number of rotatable bonds is 8. The molecule has 1 N–H and O–H groups in total. The van der Waals surface area contributed by atoms with Crippen molar-refractivity contribution in [2.24, 2.45) is 0 Å². The third-order valence-electron chi connectivity index (χ3n) is 3.63. The van der Waals surface area contributed by atoms with Crippen molar-refractivity contribution in [1.82, 2.24) is 15.2 Å². The molecule has 1 aromatic carbocycles. The Morgan fingerprint density at radius 2 is 1.95 bits per heavy atom. The van der Waals surface area contributed by atoms with Gasteiger partial charge in [0.25, 0.3) is 0 Å². The maximum Gasteiger partial charge on any atom is 0.0332 e. The summed E-state index contributed by atoms with van der Waals surface area (Å²) in [6.45, 7) is 5.16. The number of nitrogens with one attached hydrogen (secondary N) is 1. The SMILES string of the molecule is CCNC(CCN(C)Cc1cccnc1)c1ccccc1. The fourth-order valence-electron chi connectivity index (χ4n) is 2.55. The average molecular weight is 283 g/mol. The van der Waals surface area contributed by atoms with Gasteiger partial charge in [-0.3, -0.25) is 4.98 Å². The number of nitrogens with zero attached hydrogens (tertiary/aromatic N) is 2. The molecule has 0 fully saturated rings. The maximum atomic E-state index is 4.17. The van der Waals surface area contributed by atoms with E-state index < -0.39 is 0 Å². The summed E-state index contributed by atoms with van der Waals surface area (Å²) in [4.78, 5) is 6.52. The predicted molar refractivity (Wildman–Crippen MR) is 88.0 cm³/mol. The standard InChI is InChI=1S/C18H25N3/c1-3-20-18(17-9-5-4-6-10-17)11-13-21(2)15-16-8-7-12-19-14-16/h4-10,12,14,18,20H,3,11,13,15H2,1-2H3. The summed E-state index contributed by atoms with van der Waals surface area (Å²) >= 11 is 0. The highest BCUT2D eigenvalue weighted by atomic mass is 15.1. The molecule has 2 rings (SSSR count). The smallest absolute Gasteiger partial charge is 0.0332 e. The van der Waals surface area contributed by atoms with E-state index in [9.17, 15) is 0 Å². The van der Waals surface area contributed by atoms with E-state index in [1.165, 1.54) is 11.1 Å². The molecular formula is C18H25N3. The molecule has 112 valence electrons. The van der Waals surface area contributed by atoms with Gasteiger partial charge in [0.15, 0.2) is 0 Å². The van der Waals surface area contributed by atoms with Crippen LogP contribution in [0.15, 0.2) is 54.9 Å². The van der Waals surface area contributed by atoms with Gasteiger partial charge in [0.1, 0.15) is 0 Å². The summed E-state index contributed by atoms with van der Waals surface area (Å²) in [7, 11) is 2.17. The molecule has 1 aromatic heterocycles. The van der Waals surface area contributed by atoms with Gasteiger partial charge in [-0.15, -0.1) is 0 Å². The molecule has 0 saturated carbocycles. The van der Waals surface area contributed by atoms with Crippen molar-refractivity contribution in [3.8, 4) is 0 Å². The molecule has 3 nitrogen and oxygen atoms in total. The molecule has 2 aromatic rings. The van der Waals surface area contributed by atoms with Crippen LogP contribution in [-0.4, -0.2) is 30.0 Å². The van der Waals surface area contributed by atoms with Gasteiger partial charge in [0, 0.05) is 25.0 Å². The summed E-state index contributed by atoms with van der Waals surface area (Å²) in [6, 6.07) is 15.2. The Kier molecular flexibility index (Phi) is 6.38. The van der Waals surface area contributed by atoms with Crippen molar-refractivity contribution < 1.29 is 0 Å². The quantitative estimate of drug-likeness (QED) is 0.806. The van der Waals surface area contributed by atoms with Gasteiger partial charge in [-0.05, 0) is 43.8 Å². The molecular weight excluding hydrogens is 258 g/mol. The highest BCUT2D eigenvalue weighted by Crippen LogP contribution is 2.17. The minimum Gasteiger partial charge on any atom is -0.310 e. The summed E-state index contributed by atoms with van der Waals surface area (Å²) in [6.07, 6.45) is 4.87. The Morgan fingerprint density at radius 3 is 2.62 bits per heavy atom. The minimum absolute atomic E-state index is 0.424. The first-order valence-electron chi connectivity index (χ1n) is 7.65. The molecule has 0 saturated heterocycles.